The third kappa shape index (κ3) is 1.42. The van der Waals surface area contributed by atoms with Crippen molar-refractivity contribution in [3.63, 3.8) is 0 Å². The van der Waals surface area contributed by atoms with E-state index in [9.17, 15) is 5.11 Å². The van der Waals surface area contributed by atoms with Gasteiger partial charge in [0.1, 0.15) is 10.4 Å². The number of hydrogen-bond donors (Lipinski definition) is 1. The molecule has 1 aromatic heterocycles. The van der Waals surface area contributed by atoms with Crippen LogP contribution >= 0.6 is 15.9 Å². The highest BCUT2D eigenvalue weighted by Crippen LogP contribution is 2.18. The zero-order valence-corrected chi connectivity index (χ0v) is 7.25. The minimum Gasteiger partial charge on any atom is -0.389 e. The van der Waals surface area contributed by atoms with Gasteiger partial charge in [-0.25, -0.2) is 4.98 Å². The van der Waals surface area contributed by atoms with Crippen molar-refractivity contribution >= 4 is 21.7 Å². The quantitative estimate of drug-likeness (QED) is 0.769. The van der Waals surface area contributed by atoms with E-state index in [2.05, 4.69) is 25.9 Å². The number of nitrogens with zero attached hydrogens (tertiary/aromatic N) is 3. The van der Waals surface area contributed by atoms with Gasteiger partial charge in [0.2, 0.25) is 0 Å². The number of aliphatic hydroxyl groups is 1. The fourth-order valence-corrected chi connectivity index (χ4v) is 0.941. The minimum absolute atomic E-state index is 0.0921. The van der Waals surface area contributed by atoms with E-state index in [0.717, 1.165) is 0 Å². The molecule has 2 heterocycles. The first-order valence-electron chi connectivity index (χ1n) is 6.48. The second-order valence-electron chi connectivity index (χ2n) is 1.97. The van der Waals surface area contributed by atoms with Crippen LogP contribution in [-0.2, 0) is 0 Å². The molecule has 1 saturated heterocycles. The van der Waals surface area contributed by atoms with Gasteiger partial charge in [-0.05, 0) is 15.9 Å². The maximum absolute atomic E-state index is 9.53. The molecule has 0 saturated carbocycles. The molecule has 1 fully saturated rings. The van der Waals surface area contributed by atoms with Crippen LogP contribution in [0.3, 0.4) is 0 Å². The van der Waals surface area contributed by atoms with Gasteiger partial charge in [-0.15, -0.1) is 0 Å². The number of rotatable bonds is 1. The summed E-state index contributed by atoms with van der Waals surface area (Å²) in [5.74, 6) is -0.491. The van der Waals surface area contributed by atoms with Gasteiger partial charge in [-0.2, -0.15) is 0 Å². The Morgan fingerprint density at radius 1 is 1.83 bits per heavy atom. The third-order valence-electron chi connectivity index (χ3n) is 1.16. The van der Waals surface area contributed by atoms with Gasteiger partial charge in [-0.3, -0.25) is 4.98 Å². The zero-order chi connectivity index (χ0) is 14.8. The lowest BCUT2D eigenvalue weighted by atomic mass is 10.2. The molecule has 2 rings (SSSR count). The van der Waals surface area contributed by atoms with E-state index in [1.807, 2.05) is 0 Å². The lowest BCUT2D eigenvalue weighted by molar-refractivity contribution is 0.141. The van der Waals surface area contributed by atoms with Crippen molar-refractivity contribution < 1.29 is 14.7 Å². The number of aromatic nitrogens is 2. The van der Waals surface area contributed by atoms with Crippen LogP contribution in [0.25, 0.3) is 0 Å². The molecule has 0 unspecified atom stereocenters. The van der Waals surface area contributed by atoms with Gasteiger partial charge in [0, 0.05) is 13.0 Å². The Bertz CT molecular complexity index is 534. The SMILES string of the molecule is [2H]c1nc([2H])c(N2C([2H])([2H])C([2H])(O)C2([2H])[2H])nc1Br. The summed E-state index contributed by atoms with van der Waals surface area (Å²) in [5, 5.41) is 9.53. The zero-order valence-electron chi connectivity index (χ0n) is 12.7. The predicted octanol–water partition coefficient (Wildman–Crippen LogP) is 0.420. The normalized spacial score (nSPS) is 37.2. The Morgan fingerprint density at radius 2 is 2.58 bits per heavy atom. The molecule has 64 valence electrons. The maximum atomic E-state index is 9.53. The van der Waals surface area contributed by atoms with E-state index < -0.39 is 31.1 Å². The topological polar surface area (TPSA) is 49.2 Å². The molecule has 1 aromatic rings. The Hall–Kier alpha value is -0.680. The second kappa shape index (κ2) is 2.99. The Kier molecular flexibility index (Phi) is 0.804. The fourth-order valence-electron chi connectivity index (χ4n) is 0.685. The van der Waals surface area contributed by atoms with Crippen molar-refractivity contribution in [3.05, 3.63) is 16.9 Å². The van der Waals surface area contributed by atoms with E-state index in [0.29, 0.717) is 4.90 Å². The lowest BCUT2D eigenvalue weighted by Gasteiger charge is -2.36. The largest absolute Gasteiger partial charge is 0.389 e. The predicted molar refractivity (Wildman–Crippen MR) is 48.0 cm³/mol. The smallest absolute Gasteiger partial charge is 0.148 e. The van der Waals surface area contributed by atoms with Crippen molar-refractivity contribution in [3.8, 4) is 0 Å². The summed E-state index contributed by atoms with van der Waals surface area (Å²) in [6.45, 7) is -5.55. The molecule has 0 atom stereocenters. The molecule has 1 aliphatic heterocycles. The molecular formula is C7H8BrN3O. The first kappa shape index (κ1) is 3.23. The van der Waals surface area contributed by atoms with Crippen LogP contribution < -0.4 is 4.90 Å². The van der Waals surface area contributed by atoms with Crippen molar-refractivity contribution in [1.82, 2.24) is 9.97 Å². The van der Waals surface area contributed by atoms with Crippen LogP contribution in [-0.4, -0.2) is 34.1 Å². The molecule has 0 amide bonds. The van der Waals surface area contributed by atoms with Gasteiger partial charge < -0.3 is 10.0 Å². The van der Waals surface area contributed by atoms with Crippen LogP contribution in [0.4, 0.5) is 5.82 Å². The van der Waals surface area contributed by atoms with E-state index in [1.54, 1.807) is 0 Å². The minimum atomic E-state index is -3.00. The number of halogens is 1. The molecule has 4 nitrogen and oxygen atoms in total. The monoisotopic (exact) mass is 236 g/mol. The van der Waals surface area contributed by atoms with Gasteiger partial charge in [0.15, 0.2) is 0 Å². The third-order valence-corrected chi connectivity index (χ3v) is 1.51. The maximum Gasteiger partial charge on any atom is 0.148 e. The highest BCUT2D eigenvalue weighted by molar-refractivity contribution is 9.10. The number of anilines is 1. The van der Waals surface area contributed by atoms with E-state index in [1.165, 1.54) is 0 Å². The van der Waals surface area contributed by atoms with Crippen LogP contribution in [0.2, 0.25) is 0 Å². The van der Waals surface area contributed by atoms with Gasteiger partial charge >= 0.3 is 0 Å². The molecule has 0 aromatic carbocycles. The van der Waals surface area contributed by atoms with Crippen LogP contribution in [0.1, 0.15) is 9.60 Å². The average Bonchev–Trinajstić information content (AvgIpc) is 2.24. The molecular weight excluding hydrogens is 222 g/mol. The Labute approximate surface area is 88.2 Å². The number of hydrogen-bond acceptors (Lipinski definition) is 4. The van der Waals surface area contributed by atoms with Gasteiger partial charge in [-0.1, -0.05) is 0 Å². The van der Waals surface area contributed by atoms with Crippen molar-refractivity contribution in [2.24, 2.45) is 0 Å². The van der Waals surface area contributed by atoms with Crippen LogP contribution in [0.15, 0.2) is 16.9 Å². The molecule has 12 heavy (non-hydrogen) atoms. The fraction of sp³-hybridized carbons (Fsp3) is 0.429. The standard InChI is InChI=1S/C7H8BrN3O/c8-6-1-9-2-7(10-6)11-3-5(12)4-11/h1-2,5,12H,3-4H2/i1D,2D,3D2,4D2,5D. The van der Waals surface area contributed by atoms with E-state index in [-0.39, 0.29) is 10.8 Å². The molecule has 0 radical (unpaired) electrons. The second-order valence-corrected chi connectivity index (χ2v) is 2.72. The van der Waals surface area contributed by atoms with E-state index >= 15 is 0 Å². The van der Waals surface area contributed by atoms with Crippen LogP contribution in [0.5, 0.6) is 0 Å². The van der Waals surface area contributed by atoms with Gasteiger partial charge in [0.05, 0.1) is 28.0 Å². The summed E-state index contributed by atoms with van der Waals surface area (Å²) in [6, 6.07) is 0. The first-order chi connectivity index (χ1) is 8.44. The lowest BCUT2D eigenvalue weighted by Crippen LogP contribution is -2.51. The average molecular weight is 237 g/mol. The molecule has 5 heteroatoms. The summed E-state index contributed by atoms with van der Waals surface area (Å²) in [6.07, 6.45) is -3.96. The first-order valence-corrected chi connectivity index (χ1v) is 3.77. The summed E-state index contributed by atoms with van der Waals surface area (Å²) in [4.78, 5) is 7.51. The summed E-state index contributed by atoms with van der Waals surface area (Å²) < 4.78 is 52.2. The van der Waals surface area contributed by atoms with E-state index in [4.69, 9.17) is 9.60 Å². The highest BCUT2D eigenvalue weighted by atomic mass is 79.9. The van der Waals surface area contributed by atoms with Crippen molar-refractivity contribution in [2.75, 3.05) is 17.9 Å². The Balaban J connectivity index is 2.58. The molecule has 0 aliphatic carbocycles. The van der Waals surface area contributed by atoms with Crippen LogP contribution in [0, 0.1) is 0 Å². The highest BCUT2D eigenvalue weighted by Gasteiger charge is 2.25. The molecule has 0 bridgehead atoms. The number of β-amino-alcohol motifs (C(OH)–C–C–N with tert-alkyl or cyclic N) is 1. The summed E-state index contributed by atoms with van der Waals surface area (Å²) in [5.41, 5.74) is 0. The molecule has 0 spiro atoms. The Morgan fingerprint density at radius 3 is 3.33 bits per heavy atom. The molecule has 1 N–H and O–H groups in total. The van der Waals surface area contributed by atoms with Crippen molar-refractivity contribution in [2.45, 2.75) is 6.08 Å². The summed E-state index contributed by atoms with van der Waals surface area (Å²) in [7, 11) is 0. The van der Waals surface area contributed by atoms with Gasteiger partial charge in [0.25, 0.3) is 0 Å². The molecule has 1 aliphatic rings. The van der Waals surface area contributed by atoms with Crippen molar-refractivity contribution in [1.29, 1.82) is 0 Å². The summed E-state index contributed by atoms with van der Waals surface area (Å²) >= 11 is 2.88.